The highest BCUT2D eigenvalue weighted by atomic mass is 79.9. The molecule has 3 amide bonds. The van der Waals surface area contributed by atoms with E-state index in [4.69, 9.17) is 0 Å². The zero-order valence-electron chi connectivity index (χ0n) is 13.0. The molecule has 8 heteroatoms. The van der Waals surface area contributed by atoms with Crippen LogP contribution < -0.4 is 10.2 Å². The molecule has 24 heavy (non-hydrogen) atoms. The van der Waals surface area contributed by atoms with Gasteiger partial charge in [-0.3, -0.25) is 9.48 Å². The largest absolute Gasteiger partial charge is 0.333 e. The lowest BCUT2D eigenvalue weighted by Crippen LogP contribution is -2.33. The molecule has 122 valence electrons. The van der Waals surface area contributed by atoms with Crippen LogP contribution in [0.25, 0.3) is 11.0 Å². The van der Waals surface area contributed by atoms with Crippen molar-refractivity contribution >= 4 is 50.8 Å². The number of benzene rings is 1. The van der Waals surface area contributed by atoms with Gasteiger partial charge in [0.1, 0.15) is 0 Å². The zero-order valence-corrected chi connectivity index (χ0v) is 14.6. The molecular weight excluding hydrogens is 374 g/mol. The summed E-state index contributed by atoms with van der Waals surface area (Å²) < 4.78 is 2.45. The molecule has 0 saturated heterocycles. The van der Waals surface area contributed by atoms with E-state index < -0.39 is 6.03 Å². The lowest BCUT2D eigenvalue weighted by atomic mass is 10.2. The monoisotopic (exact) mass is 387 g/mol. The number of nitrogens with zero attached hydrogens (tertiary/aromatic N) is 4. The van der Waals surface area contributed by atoms with Crippen LogP contribution in [0.3, 0.4) is 0 Å². The first-order valence-corrected chi connectivity index (χ1v) is 7.89. The molecule has 0 radical (unpaired) electrons. The van der Waals surface area contributed by atoms with Crippen molar-refractivity contribution in [2.24, 2.45) is 7.05 Å². The van der Waals surface area contributed by atoms with Gasteiger partial charge >= 0.3 is 6.03 Å². The van der Waals surface area contributed by atoms with Crippen LogP contribution in [0.1, 0.15) is 5.69 Å². The Balaban J connectivity index is 1.88. The maximum atomic E-state index is 12.4. The van der Waals surface area contributed by atoms with Gasteiger partial charge < -0.3 is 5.32 Å². The first kappa shape index (κ1) is 16.1. The Labute approximate surface area is 146 Å². The number of carbonyl (C=O) groups excluding carboxylic acids is 2. The predicted molar refractivity (Wildman–Crippen MR) is 94.9 cm³/mol. The van der Waals surface area contributed by atoms with Gasteiger partial charge in [0.2, 0.25) is 6.41 Å². The van der Waals surface area contributed by atoms with E-state index in [1.165, 1.54) is 6.20 Å². The van der Waals surface area contributed by atoms with Crippen molar-refractivity contribution in [3.8, 4) is 0 Å². The molecule has 2 aromatic heterocycles. The number of rotatable bonds is 3. The van der Waals surface area contributed by atoms with Gasteiger partial charge in [0.15, 0.2) is 5.65 Å². The van der Waals surface area contributed by atoms with E-state index in [0.29, 0.717) is 17.8 Å². The molecule has 0 atom stereocenters. The van der Waals surface area contributed by atoms with Crippen molar-refractivity contribution in [1.29, 1.82) is 0 Å². The van der Waals surface area contributed by atoms with Crippen LogP contribution in [0.2, 0.25) is 0 Å². The molecule has 3 rings (SSSR count). The van der Waals surface area contributed by atoms with E-state index in [1.54, 1.807) is 28.9 Å². The van der Waals surface area contributed by atoms with E-state index in [2.05, 4.69) is 31.3 Å². The summed E-state index contributed by atoms with van der Waals surface area (Å²) in [4.78, 5) is 29.0. The summed E-state index contributed by atoms with van der Waals surface area (Å²) in [7, 11) is 1.81. The van der Waals surface area contributed by atoms with Gasteiger partial charge in [-0.05, 0) is 31.2 Å². The van der Waals surface area contributed by atoms with Crippen LogP contribution in [0.15, 0.2) is 41.0 Å². The molecule has 0 unspecified atom stereocenters. The summed E-state index contributed by atoms with van der Waals surface area (Å²) in [5, 5.41) is 7.81. The topological polar surface area (TPSA) is 80.1 Å². The Kier molecular flexibility index (Phi) is 4.30. The molecule has 0 bridgehead atoms. The van der Waals surface area contributed by atoms with Crippen molar-refractivity contribution < 1.29 is 9.59 Å². The maximum Gasteiger partial charge on any atom is 0.333 e. The standard InChI is InChI=1S/C16H14BrN5O2/c1-10-14-7-12(8-18-15(14)21(2)20-10)19-16(24)22(9-23)13-5-3-4-11(17)6-13/h3-9H,1-2H3,(H,19,24). The average molecular weight is 388 g/mol. The summed E-state index contributed by atoms with van der Waals surface area (Å²) in [6.07, 6.45) is 2.00. The Bertz CT molecular complexity index is 937. The maximum absolute atomic E-state index is 12.4. The highest BCUT2D eigenvalue weighted by Crippen LogP contribution is 2.22. The summed E-state index contributed by atoms with van der Waals surface area (Å²) in [6, 6.07) is 8.13. The number of amides is 3. The van der Waals surface area contributed by atoms with Gasteiger partial charge in [0, 0.05) is 16.9 Å². The summed E-state index contributed by atoms with van der Waals surface area (Å²) >= 11 is 3.32. The Morgan fingerprint density at radius 1 is 1.38 bits per heavy atom. The highest BCUT2D eigenvalue weighted by molar-refractivity contribution is 9.10. The van der Waals surface area contributed by atoms with Gasteiger partial charge in [-0.15, -0.1) is 0 Å². The van der Waals surface area contributed by atoms with Crippen LogP contribution in [0.4, 0.5) is 16.2 Å². The molecule has 0 aliphatic carbocycles. The number of hydrogen-bond donors (Lipinski definition) is 1. The highest BCUT2D eigenvalue weighted by Gasteiger charge is 2.16. The number of pyridine rings is 1. The van der Waals surface area contributed by atoms with Gasteiger partial charge in [-0.2, -0.15) is 5.10 Å². The fourth-order valence-corrected chi connectivity index (χ4v) is 2.80. The predicted octanol–water partition coefficient (Wildman–Crippen LogP) is 3.23. The lowest BCUT2D eigenvalue weighted by Gasteiger charge is -2.16. The van der Waals surface area contributed by atoms with E-state index in [9.17, 15) is 9.59 Å². The van der Waals surface area contributed by atoms with Crippen molar-refractivity contribution in [3.05, 3.63) is 46.7 Å². The fourth-order valence-electron chi connectivity index (χ4n) is 2.41. The van der Waals surface area contributed by atoms with Gasteiger partial charge in [0.05, 0.1) is 23.3 Å². The second-order valence-corrected chi connectivity index (χ2v) is 6.11. The normalized spacial score (nSPS) is 10.6. The molecular formula is C16H14BrN5O2. The number of aryl methyl sites for hydroxylation is 2. The average Bonchev–Trinajstić information content (AvgIpc) is 2.82. The minimum Gasteiger partial charge on any atom is -0.306 e. The van der Waals surface area contributed by atoms with E-state index >= 15 is 0 Å². The third-order valence-electron chi connectivity index (χ3n) is 3.52. The molecule has 0 aliphatic heterocycles. The number of fused-ring (bicyclic) bond motifs is 1. The number of urea groups is 1. The molecule has 0 aliphatic rings. The van der Waals surface area contributed by atoms with E-state index in [0.717, 1.165) is 26.1 Å². The smallest absolute Gasteiger partial charge is 0.306 e. The van der Waals surface area contributed by atoms with Crippen LogP contribution in [-0.4, -0.2) is 27.2 Å². The number of nitrogens with one attached hydrogen (secondary N) is 1. The third kappa shape index (κ3) is 3.00. The number of hydrogen-bond acceptors (Lipinski definition) is 4. The molecule has 2 heterocycles. The zero-order chi connectivity index (χ0) is 17.3. The second-order valence-electron chi connectivity index (χ2n) is 5.19. The van der Waals surface area contributed by atoms with Gasteiger partial charge in [-0.25, -0.2) is 14.7 Å². The number of aromatic nitrogens is 3. The fraction of sp³-hybridized carbons (Fsp3) is 0.125. The number of halogens is 1. The van der Waals surface area contributed by atoms with Crippen molar-refractivity contribution in [2.75, 3.05) is 10.2 Å². The summed E-state index contributed by atoms with van der Waals surface area (Å²) in [6.45, 7) is 1.87. The number of anilines is 2. The number of carbonyl (C=O) groups is 2. The quantitative estimate of drug-likeness (QED) is 0.699. The molecule has 7 nitrogen and oxygen atoms in total. The first-order valence-electron chi connectivity index (χ1n) is 7.10. The van der Waals surface area contributed by atoms with E-state index in [-0.39, 0.29) is 0 Å². The minimum absolute atomic E-state index is 0.462. The van der Waals surface area contributed by atoms with Crippen LogP contribution >= 0.6 is 15.9 Å². The molecule has 0 fully saturated rings. The van der Waals surface area contributed by atoms with Crippen LogP contribution in [-0.2, 0) is 11.8 Å². The molecule has 0 saturated carbocycles. The van der Waals surface area contributed by atoms with Crippen LogP contribution in [0.5, 0.6) is 0 Å². The van der Waals surface area contributed by atoms with Gasteiger partial charge in [-0.1, -0.05) is 22.0 Å². The Hall–Kier alpha value is -2.74. The Morgan fingerprint density at radius 3 is 2.88 bits per heavy atom. The molecule has 1 aromatic carbocycles. The molecule has 1 N–H and O–H groups in total. The first-order chi connectivity index (χ1) is 11.5. The van der Waals surface area contributed by atoms with Crippen molar-refractivity contribution in [2.45, 2.75) is 6.92 Å². The van der Waals surface area contributed by atoms with E-state index in [1.807, 2.05) is 20.0 Å². The summed E-state index contributed by atoms with van der Waals surface area (Å²) in [5.74, 6) is 0. The van der Waals surface area contributed by atoms with Crippen molar-refractivity contribution in [1.82, 2.24) is 14.8 Å². The lowest BCUT2D eigenvalue weighted by molar-refractivity contribution is -0.106. The van der Waals surface area contributed by atoms with Crippen molar-refractivity contribution in [3.63, 3.8) is 0 Å². The van der Waals surface area contributed by atoms with Crippen LogP contribution in [0, 0.1) is 6.92 Å². The SMILES string of the molecule is Cc1nn(C)c2ncc(NC(=O)N(C=O)c3cccc(Br)c3)cc12. The molecule has 0 spiro atoms. The number of imide groups is 1. The third-order valence-corrected chi connectivity index (χ3v) is 4.02. The Morgan fingerprint density at radius 2 is 2.17 bits per heavy atom. The van der Waals surface area contributed by atoms with Gasteiger partial charge in [0.25, 0.3) is 0 Å². The second kappa shape index (κ2) is 6.40. The minimum atomic E-state index is -0.564. The summed E-state index contributed by atoms with van der Waals surface area (Å²) in [5.41, 5.74) is 2.49. The molecule has 3 aromatic rings.